The predicted octanol–water partition coefficient (Wildman–Crippen LogP) is 4.81. The van der Waals surface area contributed by atoms with Gasteiger partial charge in [0.15, 0.2) is 12.1 Å². The Bertz CT molecular complexity index is 1290. The van der Waals surface area contributed by atoms with E-state index in [0.29, 0.717) is 34.8 Å². The van der Waals surface area contributed by atoms with Gasteiger partial charge in [-0.2, -0.15) is 0 Å². The number of anilines is 1. The second-order valence-electron chi connectivity index (χ2n) is 9.28. The fraction of sp³-hybridized carbons (Fsp3) is 0.250. The van der Waals surface area contributed by atoms with Crippen LogP contribution in [-0.2, 0) is 16.1 Å². The standard InChI is InChI=1S/C28H25F2N3O4/c29-21-9-3-18(4-10-21)16-33-24(27(35)31-15-17-1-2-17)25(37-28(33)36)19-7-13-23(14-8-19)32-26(34)20-5-11-22(30)12-6-20/h3-14,17,24-25H,1-2,15-16H2,(H,31,35)(H,32,34). The van der Waals surface area contributed by atoms with Gasteiger partial charge < -0.3 is 15.4 Å². The summed E-state index contributed by atoms with van der Waals surface area (Å²) in [5.74, 6) is -1.09. The molecular weight excluding hydrogens is 480 g/mol. The quantitative estimate of drug-likeness (QED) is 0.460. The molecule has 5 rings (SSSR count). The van der Waals surface area contributed by atoms with E-state index in [9.17, 15) is 23.2 Å². The number of hydrogen-bond donors (Lipinski definition) is 2. The second kappa shape index (κ2) is 10.4. The number of nitrogens with one attached hydrogen (secondary N) is 2. The molecule has 1 heterocycles. The lowest BCUT2D eigenvalue weighted by atomic mass is 10.00. The molecule has 1 saturated carbocycles. The van der Waals surface area contributed by atoms with Crippen molar-refractivity contribution in [2.45, 2.75) is 31.5 Å². The van der Waals surface area contributed by atoms with E-state index in [-0.39, 0.29) is 12.5 Å². The molecule has 3 aromatic rings. The summed E-state index contributed by atoms with van der Waals surface area (Å²) < 4.78 is 32.1. The summed E-state index contributed by atoms with van der Waals surface area (Å²) in [6.07, 6.45) is 0.617. The molecule has 0 bridgehead atoms. The molecule has 190 valence electrons. The highest BCUT2D eigenvalue weighted by atomic mass is 19.1. The van der Waals surface area contributed by atoms with Crippen LogP contribution >= 0.6 is 0 Å². The van der Waals surface area contributed by atoms with Crippen molar-refractivity contribution in [1.82, 2.24) is 10.2 Å². The number of carbonyl (C=O) groups is 3. The van der Waals surface area contributed by atoms with Crippen molar-refractivity contribution in [3.8, 4) is 0 Å². The highest BCUT2D eigenvalue weighted by Crippen LogP contribution is 2.35. The highest BCUT2D eigenvalue weighted by molar-refractivity contribution is 6.04. The van der Waals surface area contributed by atoms with Crippen molar-refractivity contribution in [3.05, 3.63) is 101 Å². The Balaban J connectivity index is 1.34. The third-order valence-electron chi connectivity index (χ3n) is 6.49. The van der Waals surface area contributed by atoms with Crippen LogP contribution < -0.4 is 10.6 Å². The molecule has 1 aliphatic heterocycles. The lowest BCUT2D eigenvalue weighted by molar-refractivity contribution is -0.126. The number of hydrogen-bond acceptors (Lipinski definition) is 4. The molecule has 3 aromatic carbocycles. The van der Waals surface area contributed by atoms with Crippen molar-refractivity contribution in [2.24, 2.45) is 5.92 Å². The molecular formula is C28H25F2N3O4. The summed E-state index contributed by atoms with van der Waals surface area (Å²) in [5, 5.41) is 5.67. The minimum atomic E-state index is -0.920. The van der Waals surface area contributed by atoms with E-state index >= 15 is 0 Å². The van der Waals surface area contributed by atoms with Gasteiger partial charge in [-0.05, 0) is 78.4 Å². The van der Waals surface area contributed by atoms with Crippen LogP contribution in [-0.4, -0.2) is 35.4 Å². The molecule has 0 spiro atoms. The fourth-order valence-electron chi connectivity index (χ4n) is 4.23. The maximum Gasteiger partial charge on any atom is 0.411 e. The topological polar surface area (TPSA) is 87.7 Å². The normalized spacial score (nSPS) is 18.9. The van der Waals surface area contributed by atoms with E-state index in [2.05, 4.69) is 10.6 Å². The fourth-order valence-corrected chi connectivity index (χ4v) is 4.23. The van der Waals surface area contributed by atoms with E-state index in [1.807, 2.05) is 0 Å². The Hall–Kier alpha value is -4.27. The molecule has 9 heteroatoms. The largest absolute Gasteiger partial charge is 0.438 e. The molecule has 37 heavy (non-hydrogen) atoms. The van der Waals surface area contributed by atoms with Crippen LogP contribution in [0.3, 0.4) is 0 Å². The van der Waals surface area contributed by atoms with Gasteiger partial charge in [0.05, 0.1) is 6.54 Å². The van der Waals surface area contributed by atoms with Crippen molar-refractivity contribution in [3.63, 3.8) is 0 Å². The second-order valence-corrected chi connectivity index (χ2v) is 9.28. The predicted molar refractivity (Wildman–Crippen MR) is 131 cm³/mol. The SMILES string of the molecule is O=C(Nc1ccc(C2OC(=O)N(Cc3ccc(F)cc3)C2C(=O)NCC2CC2)cc1)c1ccc(F)cc1. The zero-order valence-corrected chi connectivity index (χ0v) is 19.8. The van der Waals surface area contributed by atoms with Crippen LogP contribution in [0.15, 0.2) is 72.8 Å². The van der Waals surface area contributed by atoms with Gasteiger partial charge in [-0.1, -0.05) is 24.3 Å². The van der Waals surface area contributed by atoms with Gasteiger partial charge in [-0.15, -0.1) is 0 Å². The summed E-state index contributed by atoms with van der Waals surface area (Å²) in [7, 11) is 0. The maximum atomic E-state index is 13.4. The van der Waals surface area contributed by atoms with E-state index in [1.54, 1.807) is 36.4 Å². The molecule has 3 amide bonds. The Kier molecular flexibility index (Phi) is 6.85. The van der Waals surface area contributed by atoms with Crippen molar-refractivity contribution >= 4 is 23.6 Å². The molecule has 2 aliphatic rings. The number of nitrogens with zero attached hydrogens (tertiary/aromatic N) is 1. The third-order valence-corrected chi connectivity index (χ3v) is 6.49. The van der Waals surface area contributed by atoms with Crippen LogP contribution in [0.5, 0.6) is 0 Å². The van der Waals surface area contributed by atoms with Gasteiger partial charge in [-0.25, -0.2) is 13.6 Å². The first-order valence-electron chi connectivity index (χ1n) is 12.0. The number of carbonyl (C=O) groups excluding carboxylic acids is 3. The summed E-state index contributed by atoms with van der Waals surface area (Å²) in [6.45, 7) is 0.623. The van der Waals surface area contributed by atoms with Crippen molar-refractivity contribution in [1.29, 1.82) is 0 Å². The molecule has 1 aliphatic carbocycles. The van der Waals surface area contributed by atoms with E-state index in [1.165, 1.54) is 41.3 Å². The summed E-state index contributed by atoms with van der Waals surface area (Å²) in [4.78, 5) is 39.9. The first-order valence-corrected chi connectivity index (χ1v) is 12.0. The highest BCUT2D eigenvalue weighted by Gasteiger charge is 2.47. The average Bonchev–Trinajstić information content (AvgIpc) is 3.67. The Morgan fingerprint density at radius 3 is 2.14 bits per heavy atom. The summed E-state index contributed by atoms with van der Waals surface area (Å²) >= 11 is 0. The number of halogens is 2. The number of amides is 3. The first-order chi connectivity index (χ1) is 17.9. The Morgan fingerprint density at radius 1 is 0.892 bits per heavy atom. The molecule has 2 fully saturated rings. The number of rotatable bonds is 8. The van der Waals surface area contributed by atoms with Gasteiger partial charge in [0, 0.05) is 17.8 Å². The summed E-state index contributed by atoms with van der Waals surface area (Å²) in [5.41, 5.74) is 2.04. The van der Waals surface area contributed by atoms with Crippen LogP contribution in [0.25, 0.3) is 0 Å². The number of benzene rings is 3. The Morgan fingerprint density at radius 2 is 1.51 bits per heavy atom. The monoisotopic (exact) mass is 505 g/mol. The minimum Gasteiger partial charge on any atom is -0.438 e. The van der Waals surface area contributed by atoms with Crippen LogP contribution in [0.1, 0.15) is 40.4 Å². The zero-order valence-electron chi connectivity index (χ0n) is 19.8. The van der Waals surface area contributed by atoms with E-state index in [4.69, 9.17) is 4.74 Å². The molecule has 1 saturated heterocycles. The number of cyclic esters (lactones) is 1. The van der Waals surface area contributed by atoms with Gasteiger partial charge in [0.2, 0.25) is 5.91 Å². The van der Waals surface area contributed by atoms with Crippen LogP contribution in [0.2, 0.25) is 0 Å². The van der Waals surface area contributed by atoms with Crippen molar-refractivity contribution in [2.75, 3.05) is 11.9 Å². The molecule has 2 unspecified atom stereocenters. The van der Waals surface area contributed by atoms with Gasteiger partial charge in [0.25, 0.3) is 5.91 Å². The van der Waals surface area contributed by atoms with Gasteiger partial charge >= 0.3 is 6.09 Å². The van der Waals surface area contributed by atoms with Gasteiger partial charge in [-0.3, -0.25) is 14.5 Å². The molecule has 7 nitrogen and oxygen atoms in total. The Labute approximate surface area is 212 Å². The van der Waals surface area contributed by atoms with Crippen LogP contribution in [0, 0.1) is 17.6 Å². The van der Waals surface area contributed by atoms with Crippen LogP contribution in [0.4, 0.5) is 19.3 Å². The lowest BCUT2D eigenvalue weighted by Gasteiger charge is -2.24. The molecule has 2 atom stereocenters. The smallest absolute Gasteiger partial charge is 0.411 e. The maximum absolute atomic E-state index is 13.4. The molecule has 0 aromatic heterocycles. The third kappa shape index (κ3) is 5.77. The first kappa shape index (κ1) is 24.4. The molecule has 2 N–H and O–H groups in total. The average molecular weight is 506 g/mol. The zero-order chi connectivity index (χ0) is 25.9. The van der Waals surface area contributed by atoms with E-state index in [0.717, 1.165) is 12.8 Å². The minimum absolute atomic E-state index is 0.0862. The van der Waals surface area contributed by atoms with Crippen molar-refractivity contribution < 1.29 is 27.9 Å². The number of ether oxygens (including phenoxy) is 1. The van der Waals surface area contributed by atoms with E-state index < -0.39 is 35.8 Å². The molecule has 0 radical (unpaired) electrons. The lowest BCUT2D eigenvalue weighted by Crippen LogP contribution is -2.46. The van der Waals surface area contributed by atoms with Gasteiger partial charge in [0.1, 0.15) is 11.6 Å². The summed E-state index contributed by atoms with van der Waals surface area (Å²) in [6, 6.07) is 16.6.